The first-order chi connectivity index (χ1) is 10.6. The van der Waals surface area contributed by atoms with Gasteiger partial charge in [-0.2, -0.15) is 0 Å². The van der Waals surface area contributed by atoms with Gasteiger partial charge >= 0.3 is 6.03 Å². The first-order valence-electron chi connectivity index (χ1n) is 7.05. The highest BCUT2D eigenvalue weighted by Crippen LogP contribution is 2.18. The highest BCUT2D eigenvalue weighted by Gasteiger charge is 2.04. The van der Waals surface area contributed by atoms with Crippen molar-refractivity contribution in [1.29, 1.82) is 0 Å². The lowest BCUT2D eigenvalue weighted by Gasteiger charge is -2.09. The third kappa shape index (κ3) is 4.46. The van der Waals surface area contributed by atoms with E-state index in [1.807, 2.05) is 42.5 Å². The number of aliphatic imine (C=N–C) groups is 1. The molecule has 0 saturated carbocycles. The van der Waals surface area contributed by atoms with E-state index < -0.39 is 12.1 Å². The zero-order valence-corrected chi connectivity index (χ0v) is 12.4. The number of carbonyl (C=O) groups excluding carboxylic acids is 1. The Morgan fingerprint density at radius 1 is 1.27 bits per heavy atom. The van der Waals surface area contributed by atoms with Crippen molar-refractivity contribution >= 4 is 22.8 Å². The van der Waals surface area contributed by atoms with Gasteiger partial charge in [0.25, 0.3) is 0 Å². The SMILES string of the molecule is CC(O)CNC(=O)NC(N)=NCc1cccc2ccccc12. The van der Waals surface area contributed by atoms with Gasteiger partial charge < -0.3 is 16.2 Å². The molecule has 0 heterocycles. The van der Waals surface area contributed by atoms with Gasteiger partial charge in [-0.15, -0.1) is 0 Å². The van der Waals surface area contributed by atoms with Crippen LogP contribution in [0.1, 0.15) is 12.5 Å². The zero-order valence-electron chi connectivity index (χ0n) is 12.4. The largest absolute Gasteiger partial charge is 0.392 e. The van der Waals surface area contributed by atoms with Gasteiger partial charge in [-0.05, 0) is 23.3 Å². The van der Waals surface area contributed by atoms with E-state index in [2.05, 4.69) is 15.6 Å². The summed E-state index contributed by atoms with van der Waals surface area (Å²) in [6, 6.07) is 13.5. The van der Waals surface area contributed by atoms with E-state index in [-0.39, 0.29) is 12.5 Å². The summed E-state index contributed by atoms with van der Waals surface area (Å²) in [5.74, 6) is 0.0380. The molecule has 0 aliphatic rings. The Hall–Kier alpha value is -2.60. The lowest BCUT2D eigenvalue weighted by Crippen LogP contribution is -2.45. The fourth-order valence-electron chi connectivity index (χ4n) is 2.04. The Bertz CT molecular complexity index is 677. The molecule has 0 bridgehead atoms. The fraction of sp³-hybridized carbons (Fsp3) is 0.250. The smallest absolute Gasteiger partial charge is 0.321 e. The Kier molecular flexibility index (Phi) is 5.32. The number of hydrogen-bond acceptors (Lipinski definition) is 3. The molecule has 0 aliphatic heterocycles. The molecule has 2 aromatic rings. The van der Waals surface area contributed by atoms with E-state index >= 15 is 0 Å². The van der Waals surface area contributed by atoms with E-state index in [1.54, 1.807) is 6.92 Å². The van der Waals surface area contributed by atoms with Crippen LogP contribution in [0.4, 0.5) is 4.79 Å². The van der Waals surface area contributed by atoms with Crippen LogP contribution in [0.2, 0.25) is 0 Å². The number of fused-ring (bicyclic) bond motifs is 1. The number of benzene rings is 2. The molecule has 0 saturated heterocycles. The van der Waals surface area contributed by atoms with Gasteiger partial charge in [0.15, 0.2) is 5.96 Å². The number of urea groups is 1. The monoisotopic (exact) mass is 300 g/mol. The van der Waals surface area contributed by atoms with Gasteiger partial charge in [0.2, 0.25) is 0 Å². The highest BCUT2D eigenvalue weighted by molar-refractivity contribution is 5.95. The number of nitrogens with zero attached hydrogens (tertiary/aromatic N) is 1. The first-order valence-corrected chi connectivity index (χ1v) is 7.05. The lowest BCUT2D eigenvalue weighted by molar-refractivity contribution is 0.188. The third-order valence-electron chi connectivity index (χ3n) is 3.10. The van der Waals surface area contributed by atoms with Crippen LogP contribution in [0.25, 0.3) is 10.8 Å². The quantitative estimate of drug-likeness (QED) is 0.506. The molecule has 0 aromatic heterocycles. The molecule has 6 nitrogen and oxygen atoms in total. The Morgan fingerprint density at radius 2 is 2.00 bits per heavy atom. The van der Waals surface area contributed by atoms with Crippen LogP contribution in [0, 0.1) is 0 Å². The van der Waals surface area contributed by atoms with Crippen molar-refractivity contribution in [3.8, 4) is 0 Å². The van der Waals surface area contributed by atoms with E-state index in [0.29, 0.717) is 6.54 Å². The molecule has 1 unspecified atom stereocenters. The number of hydrogen-bond donors (Lipinski definition) is 4. The number of aliphatic hydroxyl groups excluding tert-OH is 1. The van der Waals surface area contributed by atoms with Crippen LogP contribution in [0.3, 0.4) is 0 Å². The number of aliphatic hydroxyl groups is 1. The van der Waals surface area contributed by atoms with Crippen molar-refractivity contribution in [3.63, 3.8) is 0 Å². The molecule has 22 heavy (non-hydrogen) atoms. The standard InChI is InChI=1S/C16H20N4O2/c1-11(21)9-19-16(22)20-15(17)18-10-13-7-4-6-12-5-2-3-8-14(12)13/h2-8,11,21H,9-10H2,1H3,(H4,17,18,19,20,22). The van der Waals surface area contributed by atoms with Crippen molar-refractivity contribution in [3.05, 3.63) is 48.0 Å². The second-order valence-corrected chi connectivity index (χ2v) is 5.02. The molecule has 5 N–H and O–H groups in total. The minimum atomic E-state index is -0.611. The van der Waals surface area contributed by atoms with Gasteiger partial charge in [-0.3, -0.25) is 5.32 Å². The van der Waals surface area contributed by atoms with Crippen molar-refractivity contribution in [1.82, 2.24) is 10.6 Å². The molecular weight excluding hydrogens is 280 g/mol. The third-order valence-corrected chi connectivity index (χ3v) is 3.10. The number of nitrogens with one attached hydrogen (secondary N) is 2. The summed E-state index contributed by atoms with van der Waals surface area (Å²) in [6.07, 6.45) is -0.611. The normalized spacial score (nSPS) is 12.9. The Morgan fingerprint density at radius 3 is 2.77 bits per heavy atom. The summed E-state index contributed by atoms with van der Waals surface area (Å²) in [5.41, 5.74) is 6.72. The molecule has 0 aliphatic carbocycles. The minimum absolute atomic E-state index is 0.0380. The summed E-state index contributed by atoms with van der Waals surface area (Å²) in [6.45, 7) is 2.12. The van der Waals surface area contributed by atoms with Crippen LogP contribution < -0.4 is 16.4 Å². The van der Waals surface area contributed by atoms with Crippen LogP contribution in [0.15, 0.2) is 47.5 Å². The summed E-state index contributed by atoms with van der Waals surface area (Å²) in [4.78, 5) is 15.7. The van der Waals surface area contributed by atoms with Crippen LogP contribution in [0.5, 0.6) is 0 Å². The number of carbonyl (C=O) groups is 1. The molecule has 1 atom stereocenters. The second kappa shape index (κ2) is 7.42. The Balaban J connectivity index is 1.99. The second-order valence-electron chi connectivity index (χ2n) is 5.02. The van der Waals surface area contributed by atoms with Gasteiger partial charge in [0.05, 0.1) is 12.6 Å². The molecule has 0 fully saturated rings. The summed E-state index contributed by atoms with van der Waals surface area (Å²) in [5, 5.41) is 16.2. The number of nitrogens with two attached hydrogens (primary N) is 1. The fourth-order valence-corrected chi connectivity index (χ4v) is 2.04. The van der Waals surface area contributed by atoms with Gasteiger partial charge in [-0.1, -0.05) is 42.5 Å². The van der Waals surface area contributed by atoms with E-state index in [0.717, 1.165) is 16.3 Å². The Labute approximate surface area is 129 Å². The molecule has 0 radical (unpaired) electrons. The summed E-state index contributed by atoms with van der Waals surface area (Å²) in [7, 11) is 0. The van der Waals surface area contributed by atoms with Crippen LogP contribution >= 0.6 is 0 Å². The first kappa shape index (κ1) is 15.8. The molecule has 2 aromatic carbocycles. The van der Waals surface area contributed by atoms with Crippen molar-refractivity contribution in [2.75, 3.05) is 6.54 Å². The van der Waals surface area contributed by atoms with E-state index in [1.165, 1.54) is 0 Å². The molecule has 2 rings (SSSR count). The van der Waals surface area contributed by atoms with Gasteiger partial charge in [0.1, 0.15) is 0 Å². The maximum Gasteiger partial charge on any atom is 0.321 e. The molecule has 6 heteroatoms. The van der Waals surface area contributed by atoms with Gasteiger partial charge in [0, 0.05) is 6.54 Å². The van der Waals surface area contributed by atoms with Crippen LogP contribution in [-0.2, 0) is 6.54 Å². The average molecular weight is 300 g/mol. The molecule has 2 amide bonds. The molecule has 0 spiro atoms. The zero-order chi connectivity index (χ0) is 15.9. The van der Waals surface area contributed by atoms with Crippen molar-refractivity contribution < 1.29 is 9.90 Å². The predicted molar refractivity (Wildman–Crippen MR) is 87.5 cm³/mol. The maximum atomic E-state index is 11.5. The van der Waals surface area contributed by atoms with Gasteiger partial charge in [-0.25, -0.2) is 9.79 Å². The summed E-state index contributed by atoms with van der Waals surface area (Å²) >= 11 is 0. The highest BCUT2D eigenvalue weighted by atomic mass is 16.3. The van der Waals surface area contributed by atoms with Crippen LogP contribution in [-0.4, -0.2) is 29.7 Å². The van der Waals surface area contributed by atoms with E-state index in [9.17, 15) is 4.79 Å². The maximum absolute atomic E-state index is 11.5. The van der Waals surface area contributed by atoms with E-state index in [4.69, 9.17) is 10.8 Å². The molecule has 116 valence electrons. The molecular formula is C16H20N4O2. The number of amides is 2. The van der Waals surface area contributed by atoms with Crippen molar-refractivity contribution in [2.24, 2.45) is 10.7 Å². The lowest BCUT2D eigenvalue weighted by atomic mass is 10.1. The van der Waals surface area contributed by atoms with Crippen molar-refractivity contribution in [2.45, 2.75) is 19.6 Å². The topological polar surface area (TPSA) is 99.7 Å². The average Bonchev–Trinajstić information content (AvgIpc) is 2.51. The minimum Gasteiger partial charge on any atom is -0.392 e. The predicted octanol–water partition coefficient (Wildman–Crippen LogP) is 1.33. The number of rotatable bonds is 4. The number of guanidine groups is 1. The summed E-state index contributed by atoms with van der Waals surface area (Å²) < 4.78 is 0.